The Balaban J connectivity index is 1.54. The number of rotatable bonds is 3. The lowest BCUT2D eigenvalue weighted by molar-refractivity contribution is 0.142. The molecule has 1 N–H and O–H groups in total. The highest BCUT2D eigenvalue weighted by Crippen LogP contribution is 2.32. The minimum Gasteiger partial charge on any atom is -0.337 e. The van der Waals surface area contributed by atoms with Crippen molar-refractivity contribution in [2.24, 2.45) is 0 Å². The van der Waals surface area contributed by atoms with Gasteiger partial charge in [-0.3, -0.25) is 0 Å². The van der Waals surface area contributed by atoms with Crippen LogP contribution in [-0.4, -0.2) is 27.6 Å². The summed E-state index contributed by atoms with van der Waals surface area (Å²) in [5.74, 6) is 0.976. The molecule has 6 nitrogen and oxygen atoms in total. The third kappa shape index (κ3) is 4.38. The average molecular weight is 431 g/mol. The molecule has 0 bridgehead atoms. The summed E-state index contributed by atoms with van der Waals surface area (Å²) in [7, 11) is 0. The highest BCUT2D eigenvalue weighted by molar-refractivity contribution is 6.42. The molecule has 1 unspecified atom stereocenters. The van der Waals surface area contributed by atoms with Crippen molar-refractivity contribution in [2.75, 3.05) is 11.9 Å². The van der Waals surface area contributed by atoms with E-state index in [0.717, 1.165) is 30.4 Å². The first-order valence-corrected chi connectivity index (χ1v) is 10.2. The molecule has 8 heteroatoms. The number of aryl methyl sites for hydroxylation is 1. The number of aromatic nitrogens is 2. The van der Waals surface area contributed by atoms with Crippen molar-refractivity contribution in [1.29, 1.82) is 0 Å². The fourth-order valence-electron chi connectivity index (χ4n) is 3.47. The topological polar surface area (TPSA) is 71.3 Å². The summed E-state index contributed by atoms with van der Waals surface area (Å²) in [6, 6.07) is 12.4. The maximum atomic E-state index is 12.9. The van der Waals surface area contributed by atoms with Gasteiger partial charge >= 0.3 is 6.03 Å². The summed E-state index contributed by atoms with van der Waals surface area (Å²) in [5.41, 5.74) is 2.59. The lowest BCUT2D eigenvalue weighted by Crippen LogP contribution is -2.41. The van der Waals surface area contributed by atoms with Crippen LogP contribution in [0.25, 0.3) is 11.4 Å². The number of hydrogen-bond acceptors (Lipinski definition) is 4. The summed E-state index contributed by atoms with van der Waals surface area (Å²) in [6.45, 7) is 2.63. The zero-order valence-corrected chi connectivity index (χ0v) is 17.4. The van der Waals surface area contributed by atoms with Gasteiger partial charge in [-0.15, -0.1) is 0 Å². The van der Waals surface area contributed by atoms with E-state index in [9.17, 15) is 4.79 Å². The maximum absolute atomic E-state index is 12.9. The molecule has 1 fully saturated rings. The number of anilines is 1. The van der Waals surface area contributed by atoms with E-state index in [1.807, 2.05) is 31.2 Å². The van der Waals surface area contributed by atoms with Gasteiger partial charge in [0.1, 0.15) is 6.04 Å². The van der Waals surface area contributed by atoms with E-state index in [1.54, 1.807) is 23.1 Å². The van der Waals surface area contributed by atoms with Crippen molar-refractivity contribution in [2.45, 2.75) is 32.2 Å². The third-order valence-electron chi connectivity index (χ3n) is 4.94. The molecule has 1 atom stereocenters. The zero-order chi connectivity index (χ0) is 20.4. The Labute approximate surface area is 178 Å². The minimum absolute atomic E-state index is 0.233. The van der Waals surface area contributed by atoms with Crippen molar-refractivity contribution >= 4 is 34.9 Å². The minimum atomic E-state index is -0.266. The Morgan fingerprint density at radius 1 is 1.17 bits per heavy atom. The van der Waals surface area contributed by atoms with Gasteiger partial charge in [0, 0.05) is 17.8 Å². The van der Waals surface area contributed by atoms with Gasteiger partial charge in [0.25, 0.3) is 0 Å². The van der Waals surface area contributed by atoms with E-state index in [0.29, 0.717) is 34.0 Å². The van der Waals surface area contributed by atoms with Crippen LogP contribution in [0.1, 0.15) is 36.8 Å². The molecule has 1 aromatic heterocycles. The summed E-state index contributed by atoms with van der Waals surface area (Å²) in [6.07, 6.45) is 2.68. The number of urea groups is 1. The van der Waals surface area contributed by atoms with Gasteiger partial charge in [0.2, 0.25) is 11.7 Å². The standard InChI is InChI=1S/C21H20Cl2N4O2/c1-13-5-4-6-14(11-13)19-25-20(29-26-19)18-7-2-3-10-27(18)21(28)24-15-8-9-16(22)17(23)12-15/h4-6,8-9,11-12,18H,2-3,7,10H2,1H3,(H,24,28). The molecular weight excluding hydrogens is 411 g/mol. The molecule has 0 aliphatic carbocycles. The summed E-state index contributed by atoms with van der Waals surface area (Å²) in [5, 5.41) is 7.83. The molecule has 1 aliphatic rings. The van der Waals surface area contributed by atoms with E-state index < -0.39 is 0 Å². The molecule has 1 saturated heterocycles. The van der Waals surface area contributed by atoms with Crippen LogP contribution in [0.4, 0.5) is 10.5 Å². The number of carbonyl (C=O) groups excluding carboxylic acids is 1. The molecular formula is C21H20Cl2N4O2. The van der Waals surface area contributed by atoms with Gasteiger partial charge in [-0.25, -0.2) is 4.79 Å². The average Bonchev–Trinajstić information content (AvgIpc) is 3.21. The molecule has 3 aromatic rings. The van der Waals surface area contributed by atoms with E-state index in [2.05, 4.69) is 15.5 Å². The number of benzene rings is 2. The van der Waals surface area contributed by atoms with Crippen LogP contribution in [0, 0.1) is 6.92 Å². The van der Waals surface area contributed by atoms with Crippen LogP contribution < -0.4 is 5.32 Å². The van der Waals surface area contributed by atoms with Crippen molar-refractivity contribution < 1.29 is 9.32 Å². The normalized spacial score (nSPS) is 16.7. The molecule has 150 valence electrons. The van der Waals surface area contributed by atoms with Gasteiger partial charge in [0.15, 0.2) is 0 Å². The Morgan fingerprint density at radius 2 is 2.03 bits per heavy atom. The summed E-state index contributed by atoms with van der Waals surface area (Å²) >= 11 is 12.0. The quantitative estimate of drug-likeness (QED) is 0.543. The molecule has 0 saturated carbocycles. The highest BCUT2D eigenvalue weighted by Gasteiger charge is 2.32. The predicted octanol–water partition coefficient (Wildman–Crippen LogP) is 6.11. The molecule has 2 heterocycles. The molecule has 1 aliphatic heterocycles. The molecule has 29 heavy (non-hydrogen) atoms. The second-order valence-electron chi connectivity index (χ2n) is 7.09. The number of nitrogens with one attached hydrogen (secondary N) is 1. The molecule has 4 rings (SSSR count). The van der Waals surface area contributed by atoms with Crippen molar-refractivity contribution in [1.82, 2.24) is 15.0 Å². The number of nitrogens with zero attached hydrogens (tertiary/aromatic N) is 3. The second-order valence-corrected chi connectivity index (χ2v) is 7.90. The second kappa shape index (κ2) is 8.43. The number of piperidine rings is 1. The third-order valence-corrected chi connectivity index (χ3v) is 5.68. The Hall–Kier alpha value is -2.57. The van der Waals surface area contributed by atoms with Gasteiger partial charge in [-0.2, -0.15) is 4.98 Å². The van der Waals surface area contributed by atoms with Crippen LogP contribution in [0.15, 0.2) is 47.0 Å². The van der Waals surface area contributed by atoms with Gasteiger partial charge in [0.05, 0.1) is 10.0 Å². The van der Waals surface area contributed by atoms with Crippen LogP contribution in [-0.2, 0) is 0 Å². The van der Waals surface area contributed by atoms with Crippen LogP contribution >= 0.6 is 23.2 Å². The Bertz CT molecular complexity index is 1040. The number of halogens is 2. The molecule has 2 amide bonds. The first kappa shape index (κ1) is 19.7. The molecule has 2 aromatic carbocycles. The first-order valence-electron chi connectivity index (χ1n) is 9.44. The summed E-state index contributed by atoms with van der Waals surface area (Å²) in [4.78, 5) is 19.2. The van der Waals surface area contributed by atoms with E-state index in [-0.39, 0.29) is 12.1 Å². The van der Waals surface area contributed by atoms with Crippen molar-refractivity contribution in [3.05, 3.63) is 64.0 Å². The van der Waals surface area contributed by atoms with Gasteiger partial charge < -0.3 is 14.7 Å². The maximum Gasteiger partial charge on any atom is 0.322 e. The van der Waals surface area contributed by atoms with Crippen LogP contribution in [0.3, 0.4) is 0 Å². The van der Waals surface area contributed by atoms with E-state index in [4.69, 9.17) is 27.7 Å². The highest BCUT2D eigenvalue weighted by atomic mass is 35.5. The summed E-state index contributed by atoms with van der Waals surface area (Å²) < 4.78 is 5.54. The fraction of sp³-hybridized carbons (Fsp3) is 0.286. The van der Waals surface area contributed by atoms with E-state index in [1.165, 1.54) is 0 Å². The van der Waals surface area contributed by atoms with E-state index >= 15 is 0 Å². The molecule has 0 spiro atoms. The van der Waals surface area contributed by atoms with Crippen molar-refractivity contribution in [3.63, 3.8) is 0 Å². The monoisotopic (exact) mass is 430 g/mol. The lowest BCUT2D eigenvalue weighted by atomic mass is 10.0. The van der Waals surface area contributed by atoms with Gasteiger partial charge in [-0.05, 0) is 50.5 Å². The first-order chi connectivity index (χ1) is 14.0. The van der Waals surface area contributed by atoms with Crippen LogP contribution in [0.5, 0.6) is 0 Å². The largest absolute Gasteiger partial charge is 0.337 e. The number of amides is 2. The Morgan fingerprint density at radius 3 is 2.83 bits per heavy atom. The van der Waals surface area contributed by atoms with Crippen LogP contribution in [0.2, 0.25) is 10.0 Å². The lowest BCUT2D eigenvalue weighted by Gasteiger charge is -2.33. The molecule has 0 radical (unpaired) electrons. The fourth-order valence-corrected chi connectivity index (χ4v) is 3.77. The number of carbonyl (C=O) groups is 1. The Kier molecular flexibility index (Phi) is 5.74. The van der Waals surface area contributed by atoms with Gasteiger partial charge in [-0.1, -0.05) is 52.1 Å². The number of likely N-dealkylation sites (tertiary alicyclic amines) is 1. The predicted molar refractivity (Wildman–Crippen MR) is 113 cm³/mol. The SMILES string of the molecule is Cc1cccc(-c2noc(C3CCCCN3C(=O)Nc3ccc(Cl)c(Cl)c3)n2)c1. The van der Waals surface area contributed by atoms with Crippen molar-refractivity contribution in [3.8, 4) is 11.4 Å². The number of hydrogen-bond donors (Lipinski definition) is 1. The smallest absolute Gasteiger partial charge is 0.322 e. The zero-order valence-electron chi connectivity index (χ0n) is 15.9.